The van der Waals surface area contributed by atoms with Crippen LogP contribution in [0.3, 0.4) is 0 Å². The summed E-state index contributed by atoms with van der Waals surface area (Å²) in [6, 6.07) is 26.1. The fourth-order valence-corrected chi connectivity index (χ4v) is 3.59. The van der Waals surface area contributed by atoms with Crippen LogP contribution in [0.2, 0.25) is 0 Å². The number of hydrogen-bond acceptors (Lipinski definition) is 3. The van der Waals surface area contributed by atoms with Gasteiger partial charge in [0.05, 0.1) is 0 Å². The minimum Gasteiger partial charge on any atom is -0.459 e. The van der Waals surface area contributed by atoms with Gasteiger partial charge < -0.3 is 15.0 Å². The molecular weight excluding hydrogens is 376 g/mol. The number of carbonyl (C=O) groups excluding carboxylic acids is 2. The van der Waals surface area contributed by atoms with Gasteiger partial charge >= 0.3 is 12.0 Å². The van der Waals surface area contributed by atoms with Crippen molar-refractivity contribution in [2.75, 3.05) is 0 Å². The van der Waals surface area contributed by atoms with E-state index in [9.17, 15) is 9.59 Å². The largest absolute Gasteiger partial charge is 0.459 e. The van der Waals surface area contributed by atoms with E-state index < -0.39 is 12.0 Å². The van der Waals surface area contributed by atoms with Gasteiger partial charge in [0.15, 0.2) is 0 Å². The first-order chi connectivity index (χ1) is 14.7. The summed E-state index contributed by atoms with van der Waals surface area (Å²) in [5, 5.41) is 2.89. The number of carbonyl (C=O) groups is 2. The fourth-order valence-electron chi connectivity index (χ4n) is 3.59. The Hall–Kier alpha value is -3.60. The summed E-state index contributed by atoms with van der Waals surface area (Å²) in [5.74, 6) is -0.437. The summed E-state index contributed by atoms with van der Waals surface area (Å²) in [7, 11) is 0. The molecule has 4 rings (SSSR count). The van der Waals surface area contributed by atoms with Crippen molar-refractivity contribution in [1.82, 2.24) is 10.2 Å². The molecule has 5 heteroatoms. The van der Waals surface area contributed by atoms with Crippen LogP contribution in [0.4, 0.5) is 4.79 Å². The van der Waals surface area contributed by atoms with Crippen LogP contribution in [0.5, 0.6) is 0 Å². The molecule has 0 radical (unpaired) electrons. The first-order valence-corrected chi connectivity index (χ1v) is 10.1. The second-order valence-corrected chi connectivity index (χ2v) is 7.41. The number of urea groups is 1. The molecule has 0 aromatic heterocycles. The summed E-state index contributed by atoms with van der Waals surface area (Å²) in [6.45, 7) is 1.26. The Balaban J connectivity index is 1.43. The van der Waals surface area contributed by atoms with Gasteiger partial charge in [-0.2, -0.15) is 0 Å². The van der Waals surface area contributed by atoms with Crippen molar-refractivity contribution >= 4 is 12.0 Å². The van der Waals surface area contributed by atoms with Crippen LogP contribution in [0, 0.1) is 0 Å². The van der Waals surface area contributed by atoms with Gasteiger partial charge in [0.25, 0.3) is 0 Å². The molecule has 3 aromatic carbocycles. The standard InChI is InChI=1S/C25H24N2O3/c28-24(30-18-20-11-5-2-6-12-20)23(15-19-9-3-1-4-10-19)26-25(29)27-16-21-13-7-8-14-22(21)17-27/h1-14,23H,15-18H2,(H,26,29). The van der Waals surface area contributed by atoms with Gasteiger partial charge in [-0.05, 0) is 22.3 Å². The molecular formula is C25H24N2O3. The van der Waals surface area contributed by atoms with Crippen molar-refractivity contribution in [3.63, 3.8) is 0 Å². The van der Waals surface area contributed by atoms with Gasteiger partial charge in [0.1, 0.15) is 12.6 Å². The lowest BCUT2D eigenvalue weighted by Crippen LogP contribution is -2.48. The second kappa shape index (κ2) is 9.27. The maximum absolute atomic E-state index is 12.9. The average molecular weight is 400 g/mol. The molecule has 152 valence electrons. The van der Waals surface area contributed by atoms with Crippen molar-refractivity contribution in [3.8, 4) is 0 Å². The van der Waals surface area contributed by atoms with Gasteiger partial charge in [-0.15, -0.1) is 0 Å². The highest BCUT2D eigenvalue weighted by atomic mass is 16.5. The number of ether oxygens (including phenoxy) is 1. The fraction of sp³-hybridized carbons (Fsp3) is 0.200. The van der Waals surface area contributed by atoms with Crippen molar-refractivity contribution in [3.05, 3.63) is 107 Å². The number of hydrogen-bond donors (Lipinski definition) is 1. The summed E-state index contributed by atoms with van der Waals surface area (Å²) in [5.41, 5.74) is 4.15. The number of amides is 2. The maximum atomic E-state index is 12.9. The summed E-state index contributed by atoms with van der Waals surface area (Å²) < 4.78 is 5.52. The van der Waals surface area contributed by atoms with Crippen LogP contribution in [-0.4, -0.2) is 22.9 Å². The van der Waals surface area contributed by atoms with Crippen molar-refractivity contribution in [1.29, 1.82) is 0 Å². The molecule has 0 saturated heterocycles. The molecule has 0 fully saturated rings. The highest BCUT2D eigenvalue weighted by molar-refractivity contribution is 5.84. The highest BCUT2D eigenvalue weighted by Gasteiger charge is 2.28. The molecule has 5 nitrogen and oxygen atoms in total. The zero-order chi connectivity index (χ0) is 20.8. The molecule has 30 heavy (non-hydrogen) atoms. The molecule has 1 unspecified atom stereocenters. The third-order valence-corrected chi connectivity index (χ3v) is 5.22. The van der Waals surface area contributed by atoms with E-state index in [0.29, 0.717) is 19.5 Å². The smallest absolute Gasteiger partial charge is 0.329 e. The number of rotatable bonds is 6. The topological polar surface area (TPSA) is 58.6 Å². The highest BCUT2D eigenvalue weighted by Crippen LogP contribution is 2.22. The SMILES string of the molecule is O=C(OCc1ccccc1)C(Cc1ccccc1)NC(=O)N1Cc2ccccc2C1. The lowest BCUT2D eigenvalue weighted by Gasteiger charge is -2.22. The molecule has 3 aromatic rings. The van der Waals surface area contributed by atoms with Crippen LogP contribution < -0.4 is 5.32 Å². The Morgan fingerprint density at radius 3 is 1.93 bits per heavy atom. The number of nitrogens with one attached hydrogen (secondary N) is 1. The van der Waals surface area contributed by atoms with Crippen molar-refractivity contribution < 1.29 is 14.3 Å². The Labute approximate surface area is 176 Å². The number of nitrogens with zero attached hydrogens (tertiary/aromatic N) is 1. The number of fused-ring (bicyclic) bond motifs is 1. The van der Waals surface area contributed by atoms with Crippen LogP contribution in [0.1, 0.15) is 22.3 Å². The lowest BCUT2D eigenvalue weighted by atomic mass is 10.1. The molecule has 0 spiro atoms. The van der Waals surface area contributed by atoms with Gasteiger partial charge in [-0.1, -0.05) is 84.9 Å². The minimum absolute atomic E-state index is 0.177. The Bertz CT molecular complexity index is 980. The molecule has 1 aliphatic rings. The first-order valence-electron chi connectivity index (χ1n) is 10.1. The van der Waals surface area contributed by atoms with Gasteiger partial charge in [0, 0.05) is 19.5 Å². The Kier molecular flexibility index (Phi) is 6.09. The molecule has 0 aliphatic carbocycles. The molecule has 1 N–H and O–H groups in total. The number of benzene rings is 3. The van der Waals surface area contributed by atoms with Crippen LogP contribution in [0.15, 0.2) is 84.9 Å². The van der Waals surface area contributed by atoms with Gasteiger partial charge in [-0.3, -0.25) is 0 Å². The Morgan fingerprint density at radius 2 is 1.33 bits per heavy atom. The molecule has 1 heterocycles. The third kappa shape index (κ3) is 4.87. The molecule has 0 saturated carbocycles. The van der Waals surface area contributed by atoms with Crippen LogP contribution >= 0.6 is 0 Å². The normalized spacial score (nSPS) is 13.4. The van der Waals surface area contributed by atoms with Crippen molar-refractivity contribution in [2.24, 2.45) is 0 Å². The summed E-state index contributed by atoms with van der Waals surface area (Å²) in [4.78, 5) is 27.4. The number of esters is 1. The van der Waals surface area contributed by atoms with E-state index in [1.807, 2.05) is 84.9 Å². The maximum Gasteiger partial charge on any atom is 0.329 e. The monoisotopic (exact) mass is 400 g/mol. The van der Waals surface area contributed by atoms with Gasteiger partial charge in [0.2, 0.25) is 0 Å². The van der Waals surface area contributed by atoms with E-state index in [1.54, 1.807) is 4.90 Å². The van der Waals surface area contributed by atoms with E-state index >= 15 is 0 Å². The quantitative estimate of drug-likeness (QED) is 0.635. The van der Waals surface area contributed by atoms with E-state index in [0.717, 1.165) is 22.3 Å². The molecule has 1 atom stereocenters. The van der Waals surface area contributed by atoms with E-state index in [1.165, 1.54) is 0 Å². The Morgan fingerprint density at radius 1 is 0.800 bits per heavy atom. The predicted octanol–water partition coefficient (Wildman–Crippen LogP) is 4.07. The molecule has 2 amide bonds. The summed E-state index contributed by atoms with van der Waals surface area (Å²) >= 11 is 0. The van der Waals surface area contributed by atoms with E-state index in [4.69, 9.17) is 4.74 Å². The van der Waals surface area contributed by atoms with E-state index in [2.05, 4.69) is 5.32 Å². The average Bonchev–Trinajstić information content (AvgIpc) is 3.23. The zero-order valence-electron chi connectivity index (χ0n) is 16.7. The third-order valence-electron chi connectivity index (χ3n) is 5.22. The predicted molar refractivity (Wildman–Crippen MR) is 114 cm³/mol. The van der Waals surface area contributed by atoms with E-state index in [-0.39, 0.29) is 12.6 Å². The minimum atomic E-state index is -0.757. The summed E-state index contributed by atoms with van der Waals surface area (Å²) in [6.07, 6.45) is 0.376. The van der Waals surface area contributed by atoms with Crippen LogP contribution in [0.25, 0.3) is 0 Å². The first kappa shape index (κ1) is 19.7. The molecule has 1 aliphatic heterocycles. The van der Waals surface area contributed by atoms with Crippen molar-refractivity contribution in [2.45, 2.75) is 32.2 Å². The second-order valence-electron chi connectivity index (χ2n) is 7.41. The molecule has 0 bridgehead atoms. The van der Waals surface area contributed by atoms with Gasteiger partial charge in [-0.25, -0.2) is 9.59 Å². The van der Waals surface area contributed by atoms with Crippen LogP contribution in [-0.2, 0) is 35.6 Å². The zero-order valence-corrected chi connectivity index (χ0v) is 16.7. The lowest BCUT2D eigenvalue weighted by molar-refractivity contribution is -0.147.